The summed E-state index contributed by atoms with van der Waals surface area (Å²) in [5, 5.41) is 8.34. The molecular formula is C21H22ClN3O5. The predicted molar refractivity (Wildman–Crippen MR) is 114 cm³/mol. The van der Waals surface area contributed by atoms with E-state index in [4.69, 9.17) is 16.3 Å². The summed E-state index contributed by atoms with van der Waals surface area (Å²) in [6, 6.07) is 11.6. The van der Waals surface area contributed by atoms with Crippen molar-refractivity contribution >= 4 is 52.4 Å². The number of benzene rings is 2. The fourth-order valence-electron chi connectivity index (χ4n) is 2.37. The maximum Gasteiger partial charge on any atom is 0.306 e. The van der Waals surface area contributed by atoms with Crippen LogP contribution in [-0.4, -0.2) is 30.3 Å². The maximum absolute atomic E-state index is 11.9. The summed E-state index contributed by atoms with van der Waals surface area (Å²) >= 11 is 5.99. The van der Waals surface area contributed by atoms with Crippen molar-refractivity contribution in [1.29, 1.82) is 0 Å². The number of hydrogen-bond donors (Lipinski definition) is 3. The molecule has 0 bridgehead atoms. The van der Waals surface area contributed by atoms with Gasteiger partial charge in [0.1, 0.15) is 0 Å². The number of amides is 3. The molecule has 0 heterocycles. The molecule has 0 radical (unpaired) electrons. The zero-order valence-electron chi connectivity index (χ0n) is 16.6. The molecule has 0 aliphatic carbocycles. The molecule has 2 rings (SSSR count). The summed E-state index contributed by atoms with van der Waals surface area (Å²) in [5.41, 5.74) is 2.51. The zero-order valence-corrected chi connectivity index (χ0v) is 17.3. The van der Waals surface area contributed by atoms with Crippen molar-refractivity contribution in [3.8, 4) is 0 Å². The Morgan fingerprint density at radius 3 is 2.00 bits per heavy atom. The molecule has 8 nitrogen and oxygen atoms in total. The Morgan fingerprint density at radius 1 is 0.833 bits per heavy atom. The normalized spacial score (nSPS) is 10.1. The van der Waals surface area contributed by atoms with Gasteiger partial charge in [-0.15, -0.1) is 0 Å². The van der Waals surface area contributed by atoms with Crippen molar-refractivity contribution in [2.45, 2.75) is 26.7 Å². The highest BCUT2D eigenvalue weighted by Gasteiger charge is 2.11. The van der Waals surface area contributed by atoms with Crippen LogP contribution in [0.15, 0.2) is 42.5 Å². The largest absolute Gasteiger partial charge is 0.456 e. The summed E-state index contributed by atoms with van der Waals surface area (Å²) in [5.74, 6) is -1.74. The van der Waals surface area contributed by atoms with Crippen LogP contribution in [0.25, 0.3) is 0 Å². The molecule has 0 atom stereocenters. The van der Waals surface area contributed by atoms with Gasteiger partial charge in [-0.1, -0.05) is 17.7 Å². The highest BCUT2D eigenvalue weighted by atomic mass is 35.5. The number of carbonyl (C=O) groups excluding carboxylic acids is 4. The van der Waals surface area contributed by atoms with Gasteiger partial charge in [-0.25, -0.2) is 0 Å². The standard InChI is InChI=1S/C21H22ClN3O5/c1-13-3-4-17(11-18(13)22)25-20(28)12-30-21(29)10-9-19(27)24-16-7-5-15(6-8-16)23-14(2)26/h3-8,11H,9-10,12H2,1-2H3,(H,23,26)(H,24,27)(H,25,28). The monoisotopic (exact) mass is 431 g/mol. The first-order valence-corrected chi connectivity index (χ1v) is 9.50. The van der Waals surface area contributed by atoms with E-state index in [0.29, 0.717) is 22.1 Å². The van der Waals surface area contributed by atoms with E-state index in [9.17, 15) is 19.2 Å². The van der Waals surface area contributed by atoms with E-state index in [2.05, 4.69) is 16.0 Å². The van der Waals surface area contributed by atoms with Crippen LogP contribution in [0.4, 0.5) is 17.1 Å². The molecule has 0 unspecified atom stereocenters. The summed E-state index contributed by atoms with van der Waals surface area (Å²) in [6.45, 7) is 2.78. The second-order valence-electron chi connectivity index (χ2n) is 6.48. The van der Waals surface area contributed by atoms with Crippen LogP contribution in [0.1, 0.15) is 25.3 Å². The van der Waals surface area contributed by atoms with Crippen LogP contribution in [0.5, 0.6) is 0 Å². The van der Waals surface area contributed by atoms with Crippen molar-refractivity contribution < 1.29 is 23.9 Å². The average Bonchev–Trinajstić information content (AvgIpc) is 2.69. The number of esters is 1. The highest BCUT2D eigenvalue weighted by molar-refractivity contribution is 6.31. The Bertz CT molecular complexity index is 944. The van der Waals surface area contributed by atoms with Crippen LogP contribution >= 0.6 is 11.6 Å². The van der Waals surface area contributed by atoms with Crippen molar-refractivity contribution in [2.75, 3.05) is 22.6 Å². The summed E-state index contributed by atoms with van der Waals surface area (Å²) < 4.78 is 4.88. The molecule has 0 saturated carbocycles. The van der Waals surface area contributed by atoms with Gasteiger partial charge in [0.15, 0.2) is 6.61 Å². The van der Waals surface area contributed by atoms with Gasteiger partial charge < -0.3 is 20.7 Å². The lowest BCUT2D eigenvalue weighted by atomic mass is 10.2. The van der Waals surface area contributed by atoms with Crippen LogP contribution in [0.3, 0.4) is 0 Å². The van der Waals surface area contributed by atoms with Gasteiger partial charge in [0, 0.05) is 35.4 Å². The van der Waals surface area contributed by atoms with Crippen LogP contribution in [0, 0.1) is 6.92 Å². The Kier molecular flexibility index (Phi) is 8.37. The highest BCUT2D eigenvalue weighted by Crippen LogP contribution is 2.19. The van der Waals surface area contributed by atoms with E-state index in [1.54, 1.807) is 42.5 Å². The third-order valence-electron chi connectivity index (χ3n) is 3.87. The van der Waals surface area contributed by atoms with Crippen molar-refractivity contribution in [2.24, 2.45) is 0 Å². The molecule has 0 saturated heterocycles. The summed E-state index contributed by atoms with van der Waals surface area (Å²) in [7, 11) is 0. The first-order chi connectivity index (χ1) is 14.2. The number of rotatable bonds is 8. The van der Waals surface area contributed by atoms with Crippen LogP contribution < -0.4 is 16.0 Å². The molecule has 2 aromatic rings. The Balaban J connectivity index is 1.69. The molecule has 0 fully saturated rings. The van der Waals surface area contributed by atoms with Crippen molar-refractivity contribution in [3.05, 3.63) is 53.1 Å². The quantitative estimate of drug-likeness (QED) is 0.553. The van der Waals surface area contributed by atoms with Crippen molar-refractivity contribution in [3.63, 3.8) is 0 Å². The topological polar surface area (TPSA) is 114 Å². The van der Waals surface area contributed by atoms with E-state index in [1.807, 2.05) is 6.92 Å². The number of hydrogen-bond acceptors (Lipinski definition) is 5. The van der Waals surface area contributed by atoms with Crippen LogP contribution in [0.2, 0.25) is 5.02 Å². The van der Waals surface area contributed by atoms with Gasteiger partial charge >= 0.3 is 5.97 Å². The number of anilines is 3. The molecule has 0 spiro atoms. The third-order valence-corrected chi connectivity index (χ3v) is 4.27. The van der Waals surface area contributed by atoms with Gasteiger partial charge in [0.05, 0.1) is 6.42 Å². The second kappa shape index (κ2) is 11.0. The van der Waals surface area contributed by atoms with Gasteiger partial charge in [-0.3, -0.25) is 19.2 Å². The molecule has 158 valence electrons. The van der Waals surface area contributed by atoms with E-state index >= 15 is 0 Å². The number of carbonyl (C=O) groups is 4. The van der Waals surface area contributed by atoms with Gasteiger partial charge in [0.25, 0.3) is 5.91 Å². The zero-order chi connectivity index (χ0) is 22.1. The number of halogens is 1. The lowest BCUT2D eigenvalue weighted by Gasteiger charge is -2.08. The predicted octanol–water partition coefficient (Wildman–Crippen LogP) is 3.51. The first kappa shape index (κ1) is 22.9. The molecule has 3 amide bonds. The minimum absolute atomic E-state index is 0.0958. The minimum atomic E-state index is -0.664. The molecule has 0 aliphatic heterocycles. The fraction of sp³-hybridized carbons (Fsp3) is 0.238. The number of aryl methyl sites for hydroxylation is 1. The second-order valence-corrected chi connectivity index (χ2v) is 6.89. The summed E-state index contributed by atoms with van der Waals surface area (Å²) in [6.07, 6.45) is -0.263. The average molecular weight is 432 g/mol. The third kappa shape index (κ3) is 7.92. The Hall–Kier alpha value is -3.39. The molecule has 9 heteroatoms. The molecule has 0 aromatic heterocycles. The van der Waals surface area contributed by atoms with E-state index in [0.717, 1.165) is 5.56 Å². The summed E-state index contributed by atoms with van der Waals surface area (Å²) in [4.78, 5) is 46.5. The number of ether oxygens (including phenoxy) is 1. The first-order valence-electron chi connectivity index (χ1n) is 9.12. The molecule has 0 aliphatic rings. The van der Waals surface area contributed by atoms with E-state index in [1.165, 1.54) is 6.92 Å². The van der Waals surface area contributed by atoms with E-state index in [-0.39, 0.29) is 24.7 Å². The molecule has 30 heavy (non-hydrogen) atoms. The Morgan fingerprint density at radius 2 is 1.40 bits per heavy atom. The lowest BCUT2D eigenvalue weighted by Crippen LogP contribution is -2.21. The van der Waals surface area contributed by atoms with Gasteiger partial charge in [-0.2, -0.15) is 0 Å². The fourth-order valence-corrected chi connectivity index (χ4v) is 2.55. The molecular weight excluding hydrogens is 410 g/mol. The van der Waals surface area contributed by atoms with Crippen molar-refractivity contribution in [1.82, 2.24) is 0 Å². The van der Waals surface area contributed by atoms with E-state index < -0.39 is 18.5 Å². The minimum Gasteiger partial charge on any atom is -0.456 e. The lowest BCUT2D eigenvalue weighted by molar-refractivity contribution is -0.147. The number of nitrogens with one attached hydrogen (secondary N) is 3. The smallest absolute Gasteiger partial charge is 0.306 e. The SMILES string of the molecule is CC(=O)Nc1ccc(NC(=O)CCC(=O)OCC(=O)Nc2ccc(C)c(Cl)c2)cc1. The molecule has 3 N–H and O–H groups in total. The molecule has 2 aromatic carbocycles. The van der Waals surface area contributed by atoms with Gasteiger partial charge in [0.2, 0.25) is 11.8 Å². The van der Waals surface area contributed by atoms with Gasteiger partial charge in [-0.05, 0) is 48.9 Å². The maximum atomic E-state index is 11.9. The Labute approximate surface area is 178 Å². The van der Waals surface area contributed by atoms with Crippen LogP contribution in [-0.2, 0) is 23.9 Å².